The predicted octanol–water partition coefficient (Wildman–Crippen LogP) is 5.55. The fourth-order valence-electron chi connectivity index (χ4n) is 5.52. The van der Waals surface area contributed by atoms with Crippen molar-refractivity contribution in [2.45, 2.75) is 64.3 Å². The van der Waals surface area contributed by atoms with Crippen molar-refractivity contribution in [2.24, 2.45) is 5.92 Å². The zero-order valence-corrected chi connectivity index (χ0v) is 24.6. The van der Waals surface area contributed by atoms with Crippen LogP contribution in [0.25, 0.3) is 0 Å². The quantitative estimate of drug-likeness (QED) is 0.319. The maximum atomic E-state index is 7.16. The summed E-state index contributed by atoms with van der Waals surface area (Å²) in [5.74, 6) is 0.940. The second-order valence-electron chi connectivity index (χ2n) is 11.1. The van der Waals surface area contributed by atoms with Gasteiger partial charge in [0.05, 0.1) is 32.5 Å². The second-order valence-corrected chi connectivity index (χ2v) is 15.4. The molecule has 0 saturated carbocycles. The van der Waals surface area contributed by atoms with Gasteiger partial charge in [-0.2, -0.15) is 0 Å². The lowest BCUT2D eigenvalue weighted by Crippen LogP contribution is -2.67. The molecule has 1 fully saturated rings. The Kier molecular flexibility index (Phi) is 9.44. The van der Waals surface area contributed by atoms with Gasteiger partial charge in [-0.15, -0.1) is 0 Å². The molecule has 38 heavy (non-hydrogen) atoms. The molecule has 1 aliphatic heterocycles. The van der Waals surface area contributed by atoms with Crippen molar-refractivity contribution in [1.29, 1.82) is 0 Å². The number of methoxy groups -OCH3 is 2. The molecule has 204 valence electrons. The van der Waals surface area contributed by atoms with E-state index in [2.05, 4.69) is 88.4 Å². The van der Waals surface area contributed by atoms with Gasteiger partial charge in [-0.05, 0) is 33.1 Å². The summed E-state index contributed by atoms with van der Waals surface area (Å²) in [6.07, 6.45) is 0.245. The van der Waals surface area contributed by atoms with Crippen LogP contribution in [-0.4, -0.2) is 47.6 Å². The van der Waals surface area contributed by atoms with E-state index in [0.717, 1.165) is 17.7 Å². The van der Waals surface area contributed by atoms with Crippen LogP contribution in [0.5, 0.6) is 5.75 Å². The van der Waals surface area contributed by atoms with E-state index >= 15 is 0 Å². The standard InChI is InChI=1S/C32H42O5Si/c1-24-30(35-22-25-17-19-26(33-5)20-18-25)21-27(37-31(24)34-6)23-36-38(32(2,3)4,28-13-9-7-10-14-28)29-15-11-8-12-16-29/h7-20,24,27,30-31H,21-23H2,1-6H3/t24-,27+,30+,31-/m1/s1. The molecule has 3 aromatic carbocycles. The number of benzene rings is 3. The molecule has 0 amide bonds. The normalized spacial score (nSPS) is 22.3. The Morgan fingerprint density at radius 1 is 0.842 bits per heavy atom. The summed E-state index contributed by atoms with van der Waals surface area (Å²) >= 11 is 0. The van der Waals surface area contributed by atoms with Crippen molar-refractivity contribution >= 4 is 18.7 Å². The van der Waals surface area contributed by atoms with Gasteiger partial charge in [0.2, 0.25) is 0 Å². The van der Waals surface area contributed by atoms with E-state index < -0.39 is 8.32 Å². The van der Waals surface area contributed by atoms with Crippen molar-refractivity contribution in [3.63, 3.8) is 0 Å². The number of rotatable bonds is 10. The molecule has 4 atom stereocenters. The summed E-state index contributed by atoms with van der Waals surface area (Å²) in [5, 5.41) is 2.43. The van der Waals surface area contributed by atoms with Gasteiger partial charge in [-0.1, -0.05) is 100 Å². The summed E-state index contributed by atoms with van der Waals surface area (Å²) in [4.78, 5) is 0. The number of hydrogen-bond acceptors (Lipinski definition) is 5. The first-order chi connectivity index (χ1) is 18.3. The highest BCUT2D eigenvalue weighted by atomic mass is 28.4. The fourth-order valence-corrected chi connectivity index (χ4v) is 10.1. The summed E-state index contributed by atoms with van der Waals surface area (Å²) in [7, 11) is 0.719. The van der Waals surface area contributed by atoms with Crippen molar-refractivity contribution in [3.8, 4) is 5.75 Å². The molecule has 0 radical (unpaired) electrons. The zero-order valence-electron chi connectivity index (χ0n) is 23.6. The lowest BCUT2D eigenvalue weighted by molar-refractivity contribution is -0.246. The van der Waals surface area contributed by atoms with Crippen molar-refractivity contribution in [1.82, 2.24) is 0 Å². The highest BCUT2D eigenvalue weighted by Crippen LogP contribution is 2.38. The van der Waals surface area contributed by atoms with Crippen LogP contribution in [0.4, 0.5) is 0 Å². The molecule has 3 aromatic rings. The summed E-state index contributed by atoms with van der Waals surface area (Å²) in [5.41, 5.74) is 1.11. The molecule has 0 aromatic heterocycles. The maximum absolute atomic E-state index is 7.16. The first kappa shape index (κ1) is 28.5. The first-order valence-electron chi connectivity index (χ1n) is 13.5. The van der Waals surface area contributed by atoms with Gasteiger partial charge in [0.1, 0.15) is 5.75 Å². The Morgan fingerprint density at radius 3 is 1.92 bits per heavy atom. The molecule has 0 bridgehead atoms. The van der Waals surface area contributed by atoms with E-state index in [9.17, 15) is 0 Å². The molecule has 1 aliphatic rings. The topological polar surface area (TPSA) is 46.2 Å². The number of ether oxygens (including phenoxy) is 4. The average Bonchev–Trinajstić information content (AvgIpc) is 2.94. The smallest absolute Gasteiger partial charge is 0.261 e. The monoisotopic (exact) mass is 534 g/mol. The first-order valence-corrected chi connectivity index (χ1v) is 15.4. The largest absolute Gasteiger partial charge is 0.497 e. The minimum atomic E-state index is -2.66. The van der Waals surface area contributed by atoms with Crippen LogP contribution in [0.15, 0.2) is 84.9 Å². The Morgan fingerprint density at radius 2 is 1.42 bits per heavy atom. The SMILES string of the molecule is COc1ccc(CO[C@H]2C[C@@H](CO[Si](c3ccccc3)(c3ccccc3)C(C)(C)C)O[C@@H](OC)[C@@H]2C)cc1. The highest BCUT2D eigenvalue weighted by molar-refractivity contribution is 6.99. The van der Waals surface area contributed by atoms with E-state index in [1.165, 1.54) is 10.4 Å². The van der Waals surface area contributed by atoms with Crippen LogP contribution in [0.2, 0.25) is 5.04 Å². The highest BCUT2D eigenvalue weighted by Gasteiger charge is 2.51. The van der Waals surface area contributed by atoms with Gasteiger partial charge in [-0.3, -0.25) is 0 Å². The Hall–Kier alpha value is -2.48. The lowest BCUT2D eigenvalue weighted by atomic mass is 9.95. The lowest BCUT2D eigenvalue weighted by Gasteiger charge is -2.45. The minimum Gasteiger partial charge on any atom is -0.497 e. The predicted molar refractivity (Wildman–Crippen MR) is 155 cm³/mol. The van der Waals surface area contributed by atoms with Crippen molar-refractivity contribution in [2.75, 3.05) is 20.8 Å². The molecule has 6 heteroatoms. The van der Waals surface area contributed by atoms with Crippen LogP contribution >= 0.6 is 0 Å². The van der Waals surface area contributed by atoms with E-state index in [1.54, 1.807) is 14.2 Å². The molecule has 1 saturated heterocycles. The average molecular weight is 535 g/mol. The van der Waals surface area contributed by atoms with Crippen molar-refractivity contribution < 1.29 is 23.4 Å². The molecular weight excluding hydrogens is 492 g/mol. The molecule has 0 N–H and O–H groups in total. The third-order valence-electron chi connectivity index (χ3n) is 7.60. The summed E-state index contributed by atoms with van der Waals surface area (Å²) < 4.78 is 31.1. The Balaban J connectivity index is 1.55. The minimum absolute atomic E-state index is 0.0106. The third kappa shape index (κ3) is 6.21. The van der Waals surface area contributed by atoms with Crippen LogP contribution in [0.1, 0.15) is 39.7 Å². The molecule has 4 rings (SSSR count). The van der Waals surface area contributed by atoms with E-state index in [1.807, 2.05) is 24.3 Å². The number of hydrogen-bond donors (Lipinski definition) is 0. The van der Waals surface area contributed by atoms with Gasteiger partial charge in [-0.25, -0.2) is 0 Å². The molecule has 0 unspecified atom stereocenters. The Bertz CT molecular complexity index is 1070. The Labute approximate surface area is 229 Å². The van der Waals surface area contributed by atoms with Crippen LogP contribution in [0.3, 0.4) is 0 Å². The molecule has 1 heterocycles. The van der Waals surface area contributed by atoms with Crippen LogP contribution in [0, 0.1) is 5.92 Å². The van der Waals surface area contributed by atoms with Gasteiger partial charge in [0.15, 0.2) is 6.29 Å². The fraction of sp³-hybridized carbons (Fsp3) is 0.438. The van der Waals surface area contributed by atoms with Gasteiger partial charge < -0.3 is 23.4 Å². The van der Waals surface area contributed by atoms with Gasteiger partial charge in [0.25, 0.3) is 8.32 Å². The summed E-state index contributed by atoms with van der Waals surface area (Å²) in [6.45, 7) is 10.0. The van der Waals surface area contributed by atoms with Gasteiger partial charge >= 0.3 is 0 Å². The van der Waals surface area contributed by atoms with Crippen molar-refractivity contribution in [3.05, 3.63) is 90.5 Å². The molecule has 5 nitrogen and oxygen atoms in total. The van der Waals surface area contributed by atoms with Crippen LogP contribution in [-0.2, 0) is 25.2 Å². The van der Waals surface area contributed by atoms with E-state index in [4.69, 9.17) is 23.4 Å². The van der Waals surface area contributed by atoms with Gasteiger partial charge in [0, 0.05) is 19.4 Å². The zero-order chi connectivity index (χ0) is 27.2. The molecule has 0 spiro atoms. The summed E-state index contributed by atoms with van der Waals surface area (Å²) in [6, 6.07) is 29.4. The van der Waals surface area contributed by atoms with E-state index in [0.29, 0.717) is 13.2 Å². The maximum Gasteiger partial charge on any atom is 0.261 e. The second kappa shape index (κ2) is 12.6. The molecular formula is C32H42O5Si. The van der Waals surface area contributed by atoms with Crippen LogP contribution < -0.4 is 15.1 Å². The molecule has 0 aliphatic carbocycles. The third-order valence-corrected chi connectivity index (χ3v) is 12.6. The van der Waals surface area contributed by atoms with E-state index in [-0.39, 0.29) is 29.5 Å².